The molecule has 3 nitrogen and oxygen atoms in total. The highest BCUT2D eigenvalue weighted by Gasteiger charge is 2.19. The average Bonchev–Trinajstić information content (AvgIpc) is 2.64. The van der Waals surface area contributed by atoms with Gasteiger partial charge in [0.2, 0.25) is 0 Å². The minimum absolute atomic E-state index is 0.0254. The Balaban J connectivity index is 2.14. The van der Waals surface area contributed by atoms with E-state index in [0.29, 0.717) is 28.9 Å². The number of carboxylic acid groups (broad SMARTS) is 1. The monoisotopic (exact) mass is 367 g/mol. The van der Waals surface area contributed by atoms with Crippen molar-refractivity contribution in [1.29, 1.82) is 0 Å². The number of hydrogen-bond acceptors (Lipinski definition) is 2. The van der Waals surface area contributed by atoms with Crippen molar-refractivity contribution in [3.63, 3.8) is 0 Å². The molecule has 1 aromatic heterocycles. The van der Waals surface area contributed by atoms with Gasteiger partial charge in [0.05, 0.1) is 11.3 Å². The van der Waals surface area contributed by atoms with E-state index in [4.69, 9.17) is 0 Å². The second-order valence-corrected chi connectivity index (χ2v) is 6.32. The molecule has 0 unspecified atom stereocenters. The first-order chi connectivity index (χ1) is 13.0. The molecular formula is C22H19F2NO2. The highest BCUT2D eigenvalue weighted by Crippen LogP contribution is 2.29. The van der Waals surface area contributed by atoms with Crippen LogP contribution in [0.5, 0.6) is 0 Å². The lowest BCUT2D eigenvalue weighted by Crippen LogP contribution is -2.10. The summed E-state index contributed by atoms with van der Waals surface area (Å²) < 4.78 is 27.4. The van der Waals surface area contributed by atoms with E-state index in [0.717, 1.165) is 12.0 Å². The molecule has 0 saturated heterocycles. The minimum Gasteiger partial charge on any atom is -0.478 e. The molecule has 0 bridgehead atoms. The van der Waals surface area contributed by atoms with Gasteiger partial charge >= 0.3 is 5.97 Å². The third-order valence-corrected chi connectivity index (χ3v) is 4.35. The number of halogens is 2. The summed E-state index contributed by atoms with van der Waals surface area (Å²) in [5.74, 6) is -1.90. The van der Waals surface area contributed by atoms with Gasteiger partial charge in [0, 0.05) is 23.2 Å². The summed E-state index contributed by atoms with van der Waals surface area (Å²) in [5, 5.41) is 9.66. The Morgan fingerprint density at radius 2 is 1.70 bits per heavy atom. The van der Waals surface area contributed by atoms with Crippen LogP contribution in [0.2, 0.25) is 0 Å². The Hall–Kier alpha value is -3.08. The first-order valence-corrected chi connectivity index (χ1v) is 8.75. The molecular weight excluding hydrogens is 348 g/mol. The van der Waals surface area contributed by atoms with Crippen LogP contribution in [-0.4, -0.2) is 16.1 Å². The van der Waals surface area contributed by atoms with Gasteiger partial charge in [0.15, 0.2) is 0 Å². The molecule has 0 fully saturated rings. The number of benzene rings is 2. The van der Waals surface area contributed by atoms with Crippen LogP contribution in [0.15, 0.2) is 54.6 Å². The minimum atomic E-state index is -1.12. The molecule has 0 aliphatic rings. The maximum absolute atomic E-state index is 14.3. The van der Waals surface area contributed by atoms with Crippen molar-refractivity contribution in [2.75, 3.05) is 0 Å². The molecule has 2 aromatic carbocycles. The number of aryl methyl sites for hydroxylation is 1. The van der Waals surface area contributed by atoms with Crippen molar-refractivity contribution in [3.05, 3.63) is 88.7 Å². The number of hydrogen-bond donors (Lipinski definition) is 1. The fourth-order valence-electron chi connectivity index (χ4n) is 3.05. The fourth-order valence-corrected chi connectivity index (χ4v) is 3.05. The topological polar surface area (TPSA) is 50.2 Å². The summed E-state index contributed by atoms with van der Waals surface area (Å²) >= 11 is 0. The van der Waals surface area contributed by atoms with E-state index in [1.165, 1.54) is 24.3 Å². The van der Waals surface area contributed by atoms with Gasteiger partial charge in [0.1, 0.15) is 11.6 Å². The molecule has 0 amide bonds. The lowest BCUT2D eigenvalue weighted by Gasteiger charge is -2.14. The van der Waals surface area contributed by atoms with E-state index in [-0.39, 0.29) is 17.8 Å². The molecule has 0 saturated carbocycles. The normalized spacial score (nSPS) is 10.8. The summed E-state index contributed by atoms with van der Waals surface area (Å²) in [4.78, 5) is 16.4. The van der Waals surface area contributed by atoms with Crippen LogP contribution in [0.25, 0.3) is 11.1 Å². The second-order valence-electron chi connectivity index (χ2n) is 6.32. The van der Waals surface area contributed by atoms with Gasteiger partial charge in [-0.2, -0.15) is 0 Å². The number of nitrogens with zero attached hydrogens (tertiary/aromatic N) is 1. The number of pyridine rings is 1. The maximum Gasteiger partial charge on any atom is 0.337 e. The molecule has 138 valence electrons. The largest absolute Gasteiger partial charge is 0.478 e. The lowest BCUT2D eigenvalue weighted by molar-refractivity contribution is 0.0695. The molecule has 0 radical (unpaired) electrons. The highest BCUT2D eigenvalue weighted by atomic mass is 19.1. The van der Waals surface area contributed by atoms with Crippen LogP contribution in [0.3, 0.4) is 0 Å². The summed E-state index contributed by atoms with van der Waals surface area (Å²) in [6, 6.07) is 13.6. The molecule has 3 rings (SSSR count). The first kappa shape index (κ1) is 18.7. The van der Waals surface area contributed by atoms with Crippen LogP contribution in [0, 0.1) is 11.6 Å². The lowest BCUT2D eigenvalue weighted by atomic mass is 9.96. The second kappa shape index (κ2) is 8.08. The predicted molar refractivity (Wildman–Crippen MR) is 99.8 cm³/mol. The number of carbonyl (C=O) groups is 1. The number of aromatic nitrogens is 1. The van der Waals surface area contributed by atoms with E-state index >= 15 is 0 Å². The van der Waals surface area contributed by atoms with Crippen LogP contribution < -0.4 is 0 Å². The standard InChI is InChI=1S/C22H19F2NO2/c1-2-5-20-17(16-6-3-4-7-19(16)24)13-18(22(26)27)21(25-20)12-14-8-10-15(23)11-9-14/h3-4,6-11,13H,2,5,12H2,1H3,(H,26,27). The van der Waals surface area contributed by atoms with Crippen molar-refractivity contribution in [1.82, 2.24) is 4.98 Å². The maximum atomic E-state index is 14.3. The van der Waals surface area contributed by atoms with Crippen LogP contribution in [0.4, 0.5) is 8.78 Å². The van der Waals surface area contributed by atoms with E-state index in [9.17, 15) is 18.7 Å². The van der Waals surface area contributed by atoms with Gasteiger partial charge in [-0.25, -0.2) is 13.6 Å². The van der Waals surface area contributed by atoms with Gasteiger partial charge in [-0.1, -0.05) is 43.7 Å². The van der Waals surface area contributed by atoms with Gasteiger partial charge in [-0.15, -0.1) is 0 Å². The molecule has 5 heteroatoms. The molecule has 0 aliphatic carbocycles. The Kier molecular flexibility index (Phi) is 5.60. The molecule has 0 spiro atoms. The molecule has 3 aromatic rings. The molecule has 0 atom stereocenters. The van der Waals surface area contributed by atoms with E-state index < -0.39 is 11.8 Å². The zero-order valence-electron chi connectivity index (χ0n) is 14.9. The molecule has 1 N–H and O–H groups in total. The van der Waals surface area contributed by atoms with Crippen LogP contribution >= 0.6 is 0 Å². The summed E-state index contributed by atoms with van der Waals surface area (Å²) in [5.41, 5.74) is 2.66. The Morgan fingerprint density at radius 3 is 2.33 bits per heavy atom. The molecule has 27 heavy (non-hydrogen) atoms. The van der Waals surface area contributed by atoms with Crippen LogP contribution in [0.1, 0.15) is 40.7 Å². The Morgan fingerprint density at radius 1 is 1.00 bits per heavy atom. The first-order valence-electron chi connectivity index (χ1n) is 8.75. The summed E-state index contributed by atoms with van der Waals surface area (Å²) in [7, 11) is 0. The van der Waals surface area contributed by atoms with E-state index in [2.05, 4.69) is 4.98 Å². The van der Waals surface area contributed by atoms with Crippen molar-refractivity contribution < 1.29 is 18.7 Å². The highest BCUT2D eigenvalue weighted by molar-refractivity contribution is 5.91. The quantitative estimate of drug-likeness (QED) is 0.646. The van der Waals surface area contributed by atoms with Gasteiger partial charge in [0.25, 0.3) is 0 Å². The summed E-state index contributed by atoms with van der Waals surface area (Å²) in [6.07, 6.45) is 1.65. The summed E-state index contributed by atoms with van der Waals surface area (Å²) in [6.45, 7) is 1.98. The van der Waals surface area contributed by atoms with Crippen LogP contribution in [-0.2, 0) is 12.8 Å². The molecule has 0 aliphatic heterocycles. The van der Waals surface area contributed by atoms with E-state index in [1.54, 1.807) is 30.3 Å². The third-order valence-electron chi connectivity index (χ3n) is 4.35. The zero-order valence-corrected chi connectivity index (χ0v) is 14.9. The Labute approximate surface area is 156 Å². The average molecular weight is 367 g/mol. The third kappa shape index (κ3) is 4.19. The van der Waals surface area contributed by atoms with Crippen molar-refractivity contribution in [2.24, 2.45) is 0 Å². The van der Waals surface area contributed by atoms with Crippen molar-refractivity contribution in [3.8, 4) is 11.1 Å². The number of aromatic carboxylic acids is 1. The van der Waals surface area contributed by atoms with E-state index in [1.807, 2.05) is 6.92 Å². The van der Waals surface area contributed by atoms with Crippen molar-refractivity contribution >= 4 is 5.97 Å². The Bertz CT molecular complexity index is 969. The van der Waals surface area contributed by atoms with Crippen molar-refractivity contribution in [2.45, 2.75) is 26.2 Å². The number of rotatable bonds is 6. The SMILES string of the molecule is CCCc1nc(Cc2ccc(F)cc2)c(C(=O)O)cc1-c1ccccc1F. The smallest absolute Gasteiger partial charge is 0.337 e. The fraction of sp³-hybridized carbons (Fsp3) is 0.182. The van der Waals surface area contributed by atoms with Gasteiger partial charge in [-0.3, -0.25) is 4.98 Å². The number of carboxylic acids is 1. The molecule has 1 heterocycles. The zero-order chi connectivity index (χ0) is 19.4. The van der Waals surface area contributed by atoms with Gasteiger partial charge < -0.3 is 5.11 Å². The van der Waals surface area contributed by atoms with Gasteiger partial charge in [-0.05, 0) is 36.2 Å². The predicted octanol–water partition coefficient (Wildman–Crippen LogP) is 5.27.